The van der Waals surface area contributed by atoms with Gasteiger partial charge in [0.15, 0.2) is 0 Å². The van der Waals surface area contributed by atoms with Crippen molar-refractivity contribution in [3.8, 4) is 6.01 Å². The Bertz CT molecular complexity index is 472. The van der Waals surface area contributed by atoms with Crippen LogP contribution in [0.3, 0.4) is 0 Å². The van der Waals surface area contributed by atoms with E-state index in [0.29, 0.717) is 12.8 Å². The van der Waals surface area contributed by atoms with Gasteiger partial charge in [-0.05, 0) is 50.9 Å². The number of rotatable bonds is 2. The maximum atomic E-state index is 12.3. The van der Waals surface area contributed by atoms with Crippen LogP contribution in [0, 0.1) is 0 Å². The molecule has 1 radical (unpaired) electrons. The Kier molecular flexibility index (Phi) is 4.12. The van der Waals surface area contributed by atoms with Crippen LogP contribution in [0.2, 0.25) is 10.6 Å². The van der Waals surface area contributed by atoms with E-state index in [1.54, 1.807) is 0 Å². The molecule has 0 aliphatic carbocycles. The van der Waals surface area contributed by atoms with Crippen molar-refractivity contribution in [3.63, 3.8) is 0 Å². The molecule has 0 saturated carbocycles. The number of nitrogens with zero attached hydrogens (tertiary/aromatic N) is 4. The Morgan fingerprint density at radius 1 is 1.05 bits per heavy atom. The van der Waals surface area contributed by atoms with Crippen molar-refractivity contribution in [2.45, 2.75) is 57.7 Å². The lowest BCUT2D eigenvalue weighted by Gasteiger charge is -2.49. The van der Waals surface area contributed by atoms with Gasteiger partial charge in [0.25, 0.3) is 0 Å². The van der Waals surface area contributed by atoms with E-state index >= 15 is 0 Å². The van der Waals surface area contributed by atoms with Crippen molar-refractivity contribution in [2.24, 2.45) is 0 Å². The highest BCUT2D eigenvalue weighted by Crippen LogP contribution is 2.38. The van der Waals surface area contributed by atoms with Gasteiger partial charge < -0.3 is 4.74 Å². The third-order valence-electron chi connectivity index (χ3n) is 3.39. The second-order valence-corrected chi connectivity index (χ2v) is 6.90. The van der Waals surface area contributed by atoms with Gasteiger partial charge in [-0.2, -0.15) is 15.0 Å². The lowest BCUT2D eigenvalue weighted by molar-refractivity contribution is -0.297. The molecule has 1 aromatic heterocycles. The van der Waals surface area contributed by atoms with Gasteiger partial charge in [0.05, 0.1) is 0 Å². The summed E-state index contributed by atoms with van der Waals surface area (Å²) in [7, 11) is 0. The van der Waals surface area contributed by atoms with Crippen molar-refractivity contribution in [3.05, 3.63) is 10.6 Å². The number of hydrogen-bond donors (Lipinski definition) is 0. The molecule has 1 aliphatic heterocycles. The maximum absolute atomic E-state index is 12.3. The second kappa shape index (κ2) is 5.26. The van der Waals surface area contributed by atoms with E-state index in [0.717, 1.165) is 5.06 Å². The summed E-state index contributed by atoms with van der Waals surface area (Å²) in [6.07, 6.45) is 0.960. The first-order valence-electron chi connectivity index (χ1n) is 6.31. The highest BCUT2D eigenvalue weighted by Gasteiger charge is 2.47. The average molecular weight is 320 g/mol. The summed E-state index contributed by atoms with van der Waals surface area (Å²) >= 11 is 11.4. The minimum atomic E-state index is -0.521. The van der Waals surface area contributed by atoms with Crippen LogP contribution in [0.25, 0.3) is 0 Å². The van der Waals surface area contributed by atoms with Crippen LogP contribution in [0.4, 0.5) is 0 Å². The summed E-state index contributed by atoms with van der Waals surface area (Å²) in [5.74, 6) is 0. The number of aromatic nitrogens is 3. The fourth-order valence-corrected chi connectivity index (χ4v) is 3.11. The molecule has 2 heterocycles. The van der Waals surface area contributed by atoms with Crippen LogP contribution in [0.1, 0.15) is 40.5 Å². The van der Waals surface area contributed by atoms with Gasteiger partial charge >= 0.3 is 6.01 Å². The second-order valence-electron chi connectivity index (χ2n) is 6.22. The molecule has 8 heteroatoms. The van der Waals surface area contributed by atoms with Crippen LogP contribution in [0.5, 0.6) is 6.01 Å². The van der Waals surface area contributed by atoms with Crippen molar-refractivity contribution >= 4 is 23.2 Å². The number of hydrogen-bond acceptors (Lipinski definition) is 5. The number of ether oxygens (including phenoxy) is 1. The Morgan fingerprint density at radius 2 is 1.50 bits per heavy atom. The molecule has 0 unspecified atom stereocenters. The van der Waals surface area contributed by atoms with Gasteiger partial charge in [0.1, 0.15) is 6.10 Å². The lowest BCUT2D eigenvalue weighted by atomic mass is 9.80. The van der Waals surface area contributed by atoms with Crippen LogP contribution >= 0.6 is 23.2 Å². The van der Waals surface area contributed by atoms with Crippen LogP contribution in [-0.4, -0.2) is 37.2 Å². The van der Waals surface area contributed by atoms with E-state index in [2.05, 4.69) is 15.0 Å². The van der Waals surface area contributed by atoms with E-state index < -0.39 is 11.1 Å². The molecular weight excluding hydrogens is 303 g/mol. The molecule has 0 amide bonds. The monoisotopic (exact) mass is 319 g/mol. The Labute approximate surface area is 128 Å². The first-order chi connectivity index (χ1) is 9.10. The molecule has 0 N–H and O–H groups in total. The first kappa shape index (κ1) is 15.7. The largest absolute Gasteiger partial charge is 0.460 e. The normalized spacial score (nSPS) is 22.8. The molecule has 1 saturated heterocycles. The van der Waals surface area contributed by atoms with Crippen molar-refractivity contribution in [1.29, 1.82) is 0 Å². The standard InChI is InChI=1S/C12H17Cl2N4O2/c1-11(2)5-7(6-12(3,4)18(11)19)20-10-16-8(13)15-9(14)17-10/h7H,5-6H2,1-4H3. The molecule has 0 spiro atoms. The molecule has 0 atom stereocenters. The zero-order valence-corrected chi connectivity index (χ0v) is 13.4. The summed E-state index contributed by atoms with van der Waals surface area (Å²) in [5, 5.41) is 13.4. The third kappa shape index (κ3) is 3.31. The average Bonchev–Trinajstić information content (AvgIpc) is 2.23. The van der Waals surface area contributed by atoms with E-state index in [-0.39, 0.29) is 22.7 Å². The highest BCUT2D eigenvalue weighted by atomic mass is 35.5. The van der Waals surface area contributed by atoms with Crippen molar-refractivity contribution < 1.29 is 9.94 Å². The van der Waals surface area contributed by atoms with Crippen LogP contribution in [-0.2, 0) is 5.21 Å². The molecule has 1 aliphatic rings. The Balaban J connectivity index is 2.18. The van der Waals surface area contributed by atoms with E-state index in [1.807, 2.05) is 27.7 Å². The fourth-order valence-electron chi connectivity index (χ4n) is 2.77. The van der Waals surface area contributed by atoms with Crippen molar-refractivity contribution in [1.82, 2.24) is 20.0 Å². The van der Waals surface area contributed by atoms with Crippen LogP contribution in [0.15, 0.2) is 0 Å². The van der Waals surface area contributed by atoms with E-state index in [4.69, 9.17) is 27.9 Å². The molecule has 2 rings (SSSR count). The predicted molar refractivity (Wildman–Crippen MR) is 74.2 cm³/mol. The highest BCUT2D eigenvalue weighted by molar-refractivity contribution is 6.31. The number of piperidine rings is 1. The third-order valence-corrected chi connectivity index (χ3v) is 3.72. The SMILES string of the molecule is CC1(C)CC(Oc2nc(Cl)nc(Cl)n2)CC(C)(C)N1[O]. The summed E-state index contributed by atoms with van der Waals surface area (Å²) in [6, 6.07) is 0.0888. The van der Waals surface area contributed by atoms with Gasteiger partial charge in [-0.1, -0.05) is 0 Å². The molecule has 0 bridgehead atoms. The first-order valence-corrected chi connectivity index (χ1v) is 7.07. The topological polar surface area (TPSA) is 71.0 Å². The van der Waals surface area contributed by atoms with Gasteiger partial charge in [-0.25, -0.2) is 0 Å². The Morgan fingerprint density at radius 3 is 1.95 bits per heavy atom. The molecule has 0 aromatic carbocycles. The number of halogens is 2. The fraction of sp³-hybridized carbons (Fsp3) is 0.750. The zero-order chi connectivity index (χ0) is 15.1. The smallest absolute Gasteiger partial charge is 0.322 e. The summed E-state index contributed by atoms with van der Waals surface area (Å²) < 4.78 is 5.74. The lowest BCUT2D eigenvalue weighted by Crippen LogP contribution is -2.60. The van der Waals surface area contributed by atoms with E-state index in [1.165, 1.54) is 0 Å². The minimum Gasteiger partial charge on any atom is -0.460 e. The molecule has 1 aromatic rings. The van der Waals surface area contributed by atoms with Crippen molar-refractivity contribution in [2.75, 3.05) is 0 Å². The quantitative estimate of drug-likeness (QED) is 0.838. The van der Waals surface area contributed by atoms with Gasteiger partial charge in [-0.15, -0.1) is 10.3 Å². The van der Waals surface area contributed by atoms with Crippen LogP contribution < -0.4 is 4.74 Å². The van der Waals surface area contributed by atoms with E-state index in [9.17, 15) is 5.21 Å². The zero-order valence-electron chi connectivity index (χ0n) is 11.9. The summed E-state index contributed by atoms with van der Waals surface area (Å²) in [6.45, 7) is 7.57. The Hall–Kier alpha value is -0.690. The maximum Gasteiger partial charge on any atom is 0.322 e. The van der Waals surface area contributed by atoms with Gasteiger partial charge in [-0.3, -0.25) is 0 Å². The summed E-state index contributed by atoms with van der Waals surface area (Å²) in [5.41, 5.74) is -1.04. The summed E-state index contributed by atoms with van der Waals surface area (Å²) in [4.78, 5) is 11.4. The van der Waals surface area contributed by atoms with Gasteiger partial charge in [0, 0.05) is 23.9 Å². The minimum absolute atomic E-state index is 0.0141. The van der Waals surface area contributed by atoms with Gasteiger partial charge in [0.2, 0.25) is 10.6 Å². The molecular formula is C12H17Cl2N4O2. The molecule has 20 heavy (non-hydrogen) atoms. The molecule has 6 nitrogen and oxygen atoms in total. The predicted octanol–water partition coefficient (Wildman–Crippen LogP) is 2.92. The molecule has 111 valence electrons. The molecule has 1 fully saturated rings. The number of hydroxylamine groups is 2.